The van der Waals surface area contributed by atoms with Crippen LogP contribution in [0.1, 0.15) is 0 Å². The van der Waals surface area contributed by atoms with Crippen LogP contribution >= 0.6 is 12.6 Å². The van der Waals surface area contributed by atoms with Crippen molar-refractivity contribution in [2.45, 2.75) is 4.90 Å². The molecule has 0 aromatic rings. The van der Waals surface area contributed by atoms with E-state index in [1.165, 1.54) is 11.1 Å². The maximum absolute atomic E-state index is 4.34. The molecule has 0 spiro atoms. The lowest BCUT2D eigenvalue weighted by atomic mass is 10.2. The molecule has 11 heavy (non-hydrogen) atoms. The third-order valence-corrected chi connectivity index (χ3v) is 2.16. The van der Waals surface area contributed by atoms with E-state index in [0.717, 1.165) is 4.90 Å². The van der Waals surface area contributed by atoms with Gasteiger partial charge in [0.05, 0.1) is 0 Å². The van der Waals surface area contributed by atoms with Crippen molar-refractivity contribution in [1.82, 2.24) is 0 Å². The molecule has 54 valence electrons. The summed E-state index contributed by atoms with van der Waals surface area (Å²) in [5.74, 6) is 0. The van der Waals surface area contributed by atoms with Gasteiger partial charge in [0, 0.05) is 4.90 Å². The molecule has 0 aromatic heterocycles. The number of rotatable bonds is 0. The zero-order chi connectivity index (χ0) is 7.68. The summed E-state index contributed by atoms with van der Waals surface area (Å²) in [5.41, 5.74) is 2.47. The average molecular weight is 160 g/mol. The second kappa shape index (κ2) is 2.59. The smallest absolute Gasteiger partial charge is 0.0119 e. The fourth-order valence-corrected chi connectivity index (χ4v) is 1.48. The molecule has 0 amide bonds. The predicted molar refractivity (Wildman–Crippen MR) is 50.3 cm³/mol. The Kier molecular flexibility index (Phi) is 1.59. The first-order valence-electron chi connectivity index (χ1n) is 3.54. The van der Waals surface area contributed by atoms with E-state index >= 15 is 0 Å². The van der Waals surface area contributed by atoms with Crippen LogP contribution in [0.5, 0.6) is 0 Å². The quantitative estimate of drug-likeness (QED) is 0.562. The summed E-state index contributed by atoms with van der Waals surface area (Å²) in [6.45, 7) is 0. The van der Waals surface area contributed by atoms with Crippen LogP contribution in [0.2, 0.25) is 0 Å². The Morgan fingerprint density at radius 1 is 0.818 bits per heavy atom. The monoisotopic (exact) mass is 160 g/mol. The van der Waals surface area contributed by atoms with E-state index in [1.54, 1.807) is 0 Å². The Bertz CT molecular complexity index is 341. The van der Waals surface area contributed by atoms with Crippen LogP contribution in [0.25, 0.3) is 11.1 Å². The zero-order valence-electron chi connectivity index (χ0n) is 5.99. The molecule has 0 fully saturated rings. The SMILES string of the molecule is Sc1ccc2cccccc1-2. The highest BCUT2D eigenvalue weighted by atomic mass is 32.1. The van der Waals surface area contributed by atoms with E-state index in [0.29, 0.717) is 0 Å². The summed E-state index contributed by atoms with van der Waals surface area (Å²) < 4.78 is 0. The van der Waals surface area contributed by atoms with Crippen LogP contribution < -0.4 is 0 Å². The van der Waals surface area contributed by atoms with Gasteiger partial charge >= 0.3 is 0 Å². The second-order valence-electron chi connectivity index (χ2n) is 2.50. The van der Waals surface area contributed by atoms with Crippen LogP contribution in [0.15, 0.2) is 47.4 Å². The molecule has 2 rings (SSSR count). The third-order valence-electron chi connectivity index (χ3n) is 1.77. The van der Waals surface area contributed by atoms with Gasteiger partial charge in [-0.1, -0.05) is 36.4 Å². The summed E-state index contributed by atoms with van der Waals surface area (Å²) in [6.07, 6.45) is 0. The summed E-state index contributed by atoms with van der Waals surface area (Å²) in [7, 11) is 0. The first kappa shape index (κ1) is 6.74. The van der Waals surface area contributed by atoms with Gasteiger partial charge in [-0.3, -0.25) is 0 Å². The van der Waals surface area contributed by atoms with Gasteiger partial charge in [0.2, 0.25) is 0 Å². The zero-order valence-corrected chi connectivity index (χ0v) is 6.88. The molecule has 2 aliphatic carbocycles. The van der Waals surface area contributed by atoms with Crippen molar-refractivity contribution >= 4 is 12.6 Å². The maximum Gasteiger partial charge on any atom is 0.0119 e. The van der Waals surface area contributed by atoms with Gasteiger partial charge in [-0.15, -0.1) is 12.6 Å². The molecule has 0 saturated heterocycles. The summed E-state index contributed by atoms with van der Waals surface area (Å²) in [4.78, 5) is 1.05. The standard InChI is InChI=1S/C10H8S/c11-10-7-6-8-4-2-1-3-5-9(8)10/h1-7,11H. The van der Waals surface area contributed by atoms with E-state index in [9.17, 15) is 0 Å². The van der Waals surface area contributed by atoms with Gasteiger partial charge in [-0.25, -0.2) is 0 Å². The first-order valence-corrected chi connectivity index (χ1v) is 3.99. The molecular formula is C10H8S. The molecule has 0 heterocycles. The lowest BCUT2D eigenvalue weighted by molar-refractivity contribution is 1.59. The van der Waals surface area contributed by atoms with Crippen molar-refractivity contribution < 1.29 is 0 Å². The van der Waals surface area contributed by atoms with Crippen LogP contribution in [0, 0.1) is 0 Å². The highest BCUT2D eigenvalue weighted by Gasteiger charge is 2.02. The normalized spacial score (nSPS) is 10.3. The molecule has 1 heteroatoms. The topological polar surface area (TPSA) is 0 Å². The fraction of sp³-hybridized carbons (Fsp3) is 0. The molecule has 0 N–H and O–H groups in total. The average Bonchev–Trinajstić information content (AvgIpc) is 2.25. The molecule has 0 nitrogen and oxygen atoms in total. The van der Waals surface area contributed by atoms with E-state index in [4.69, 9.17) is 0 Å². The van der Waals surface area contributed by atoms with Crippen LogP contribution in [0.4, 0.5) is 0 Å². The summed E-state index contributed by atoms with van der Waals surface area (Å²) in [5, 5.41) is 0. The Hall–Kier alpha value is -0.950. The third kappa shape index (κ3) is 1.12. The number of hydrogen-bond donors (Lipinski definition) is 1. The van der Waals surface area contributed by atoms with Crippen molar-refractivity contribution in [3.63, 3.8) is 0 Å². The number of thiol groups is 1. The van der Waals surface area contributed by atoms with Gasteiger partial charge < -0.3 is 0 Å². The van der Waals surface area contributed by atoms with Crippen LogP contribution in [0.3, 0.4) is 0 Å². The van der Waals surface area contributed by atoms with Crippen molar-refractivity contribution in [3.8, 4) is 11.1 Å². The highest BCUT2D eigenvalue weighted by molar-refractivity contribution is 7.80. The lowest BCUT2D eigenvalue weighted by Crippen LogP contribution is -1.64. The van der Waals surface area contributed by atoms with E-state index < -0.39 is 0 Å². The van der Waals surface area contributed by atoms with Gasteiger partial charge in [0.15, 0.2) is 0 Å². The molecule has 0 unspecified atom stereocenters. The molecule has 2 aliphatic rings. The largest absolute Gasteiger partial charge is 0.143 e. The van der Waals surface area contributed by atoms with Crippen molar-refractivity contribution in [2.75, 3.05) is 0 Å². The lowest BCUT2D eigenvalue weighted by Gasteiger charge is -1.90. The molecule has 0 bridgehead atoms. The van der Waals surface area contributed by atoms with Crippen molar-refractivity contribution in [3.05, 3.63) is 42.5 Å². The van der Waals surface area contributed by atoms with Gasteiger partial charge in [-0.05, 0) is 17.2 Å². The second-order valence-corrected chi connectivity index (χ2v) is 2.98. The number of fused-ring (bicyclic) bond motifs is 1. The van der Waals surface area contributed by atoms with Crippen LogP contribution in [-0.2, 0) is 0 Å². The minimum absolute atomic E-state index is 1.05. The van der Waals surface area contributed by atoms with Gasteiger partial charge in [0.25, 0.3) is 0 Å². The highest BCUT2D eigenvalue weighted by Crippen LogP contribution is 2.28. The maximum atomic E-state index is 4.34. The molecule has 0 atom stereocenters. The Balaban J connectivity index is 2.75. The molecule has 0 aromatic carbocycles. The van der Waals surface area contributed by atoms with Crippen LogP contribution in [-0.4, -0.2) is 0 Å². The molecular weight excluding hydrogens is 152 g/mol. The fourth-order valence-electron chi connectivity index (χ4n) is 1.20. The van der Waals surface area contributed by atoms with E-state index in [2.05, 4.69) is 30.8 Å². The Morgan fingerprint density at radius 2 is 1.64 bits per heavy atom. The van der Waals surface area contributed by atoms with Gasteiger partial charge in [-0.2, -0.15) is 0 Å². The van der Waals surface area contributed by atoms with Crippen molar-refractivity contribution in [1.29, 1.82) is 0 Å². The molecule has 0 saturated carbocycles. The predicted octanol–water partition coefficient (Wildman–Crippen LogP) is 3.08. The van der Waals surface area contributed by atoms with Gasteiger partial charge in [0.1, 0.15) is 0 Å². The number of hydrogen-bond acceptors (Lipinski definition) is 1. The van der Waals surface area contributed by atoms with E-state index in [-0.39, 0.29) is 0 Å². The van der Waals surface area contributed by atoms with Crippen molar-refractivity contribution in [2.24, 2.45) is 0 Å². The Morgan fingerprint density at radius 3 is 2.55 bits per heavy atom. The minimum atomic E-state index is 1.05. The Labute approximate surface area is 71.6 Å². The first-order chi connectivity index (χ1) is 5.38. The minimum Gasteiger partial charge on any atom is -0.143 e. The molecule has 0 aliphatic heterocycles. The summed E-state index contributed by atoms with van der Waals surface area (Å²) >= 11 is 4.34. The summed E-state index contributed by atoms with van der Waals surface area (Å²) in [6, 6.07) is 14.4. The molecule has 0 radical (unpaired) electrons. The van der Waals surface area contributed by atoms with E-state index in [1.807, 2.05) is 24.3 Å².